The molecule has 1 heterocycles. The van der Waals surface area contributed by atoms with E-state index in [1.54, 1.807) is 12.1 Å². The third-order valence-electron chi connectivity index (χ3n) is 3.08. The molecule has 0 amide bonds. The highest BCUT2D eigenvalue weighted by atomic mass is 19.2. The quantitative estimate of drug-likeness (QED) is 0.779. The molecule has 0 atom stereocenters. The second-order valence-corrected chi connectivity index (χ2v) is 4.66. The van der Waals surface area contributed by atoms with Gasteiger partial charge in [-0.1, -0.05) is 0 Å². The van der Waals surface area contributed by atoms with Gasteiger partial charge in [0, 0.05) is 12.1 Å². The highest BCUT2D eigenvalue weighted by molar-refractivity contribution is 5.75. The standard InChI is InChI=1S/C16H14F2N2O2/c1-2-21-10-3-5-11(6-4-10)22-9-16-19-14-7-12(17)13(18)8-15(14)20-16/h3-8H,2,9H2,1H3,(H,19,20). The predicted octanol–water partition coefficient (Wildman–Crippen LogP) is 3.82. The molecule has 3 aromatic rings. The maximum absolute atomic E-state index is 13.1. The van der Waals surface area contributed by atoms with Crippen molar-refractivity contribution in [3.63, 3.8) is 0 Å². The molecule has 0 aliphatic heterocycles. The van der Waals surface area contributed by atoms with Crippen LogP contribution in [0.25, 0.3) is 11.0 Å². The smallest absolute Gasteiger partial charge is 0.161 e. The third kappa shape index (κ3) is 3.00. The second-order valence-electron chi connectivity index (χ2n) is 4.66. The summed E-state index contributed by atoms with van der Waals surface area (Å²) in [6, 6.07) is 9.32. The Hall–Kier alpha value is -2.63. The van der Waals surface area contributed by atoms with Crippen LogP contribution in [0.2, 0.25) is 0 Å². The van der Waals surface area contributed by atoms with E-state index in [-0.39, 0.29) is 6.61 Å². The number of nitrogens with zero attached hydrogens (tertiary/aromatic N) is 1. The fraction of sp³-hybridized carbons (Fsp3) is 0.188. The molecule has 0 unspecified atom stereocenters. The van der Waals surface area contributed by atoms with Gasteiger partial charge in [0.2, 0.25) is 0 Å². The summed E-state index contributed by atoms with van der Waals surface area (Å²) in [4.78, 5) is 7.06. The van der Waals surface area contributed by atoms with Crippen molar-refractivity contribution in [1.82, 2.24) is 9.97 Å². The lowest BCUT2D eigenvalue weighted by Crippen LogP contribution is -1.97. The molecular formula is C16H14F2N2O2. The van der Waals surface area contributed by atoms with Crippen LogP contribution in [0.1, 0.15) is 12.7 Å². The molecule has 22 heavy (non-hydrogen) atoms. The lowest BCUT2D eigenvalue weighted by Gasteiger charge is -2.06. The molecule has 0 aliphatic rings. The minimum atomic E-state index is -0.919. The van der Waals surface area contributed by atoms with E-state index in [4.69, 9.17) is 9.47 Å². The van der Waals surface area contributed by atoms with Crippen molar-refractivity contribution in [2.24, 2.45) is 0 Å². The fourth-order valence-corrected chi connectivity index (χ4v) is 2.08. The number of aromatic amines is 1. The molecule has 0 saturated carbocycles. The molecule has 0 bridgehead atoms. The van der Waals surface area contributed by atoms with Crippen LogP contribution in [0.15, 0.2) is 36.4 Å². The van der Waals surface area contributed by atoms with Crippen molar-refractivity contribution in [3.8, 4) is 11.5 Å². The van der Waals surface area contributed by atoms with E-state index < -0.39 is 11.6 Å². The Morgan fingerprint density at radius 2 is 1.64 bits per heavy atom. The van der Waals surface area contributed by atoms with Crippen molar-refractivity contribution in [2.75, 3.05) is 6.61 Å². The molecule has 4 nitrogen and oxygen atoms in total. The minimum absolute atomic E-state index is 0.173. The monoisotopic (exact) mass is 304 g/mol. The Labute approximate surface area is 125 Å². The Morgan fingerprint density at radius 1 is 1.00 bits per heavy atom. The van der Waals surface area contributed by atoms with Crippen molar-refractivity contribution >= 4 is 11.0 Å². The zero-order valence-corrected chi connectivity index (χ0v) is 11.9. The van der Waals surface area contributed by atoms with E-state index in [2.05, 4.69) is 9.97 Å². The summed E-state index contributed by atoms with van der Waals surface area (Å²) < 4.78 is 37.2. The fourth-order valence-electron chi connectivity index (χ4n) is 2.08. The number of hydrogen-bond donors (Lipinski definition) is 1. The van der Waals surface area contributed by atoms with Crippen molar-refractivity contribution in [3.05, 3.63) is 53.9 Å². The average molecular weight is 304 g/mol. The van der Waals surface area contributed by atoms with Crippen LogP contribution >= 0.6 is 0 Å². The normalized spacial score (nSPS) is 10.9. The van der Waals surface area contributed by atoms with E-state index in [0.29, 0.717) is 29.2 Å². The molecule has 1 N–H and O–H groups in total. The Kier molecular flexibility index (Phi) is 3.91. The van der Waals surface area contributed by atoms with E-state index >= 15 is 0 Å². The Bertz CT molecular complexity index is 746. The largest absolute Gasteiger partial charge is 0.494 e. The minimum Gasteiger partial charge on any atom is -0.494 e. The Balaban J connectivity index is 1.70. The maximum Gasteiger partial charge on any atom is 0.161 e. The summed E-state index contributed by atoms with van der Waals surface area (Å²) in [6.07, 6.45) is 0. The SMILES string of the molecule is CCOc1ccc(OCc2nc3cc(F)c(F)cc3[nH]2)cc1. The summed E-state index contributed by atoms with van der Waals surface area (Å²) in [7, 11) is 0. The molecule has 2 aromatic carbocycles. The van der Waals surface area contributed by atoms with E-state index in [0.717, 1.165) is 17.9 Å². The van der Waals surface area contributed by atoms with Crippen LogP contribution in [0, 0.1) is 11.6 Å². The van der Waals surface area contributed by atoms with Crippen molar-refractivity contribution < 1.29 is 18.3 Å². The summed E-state index contributed by atoms with van der Waals surface area (Å²) >= 11 is 0. The number of imidazole rings is 1. The van der Waals surface area contributed by atoms with Gasteiger partial charge >= 0.3 is 0 Å². The highest BCUT2D eigenvalue weighted by Gasteiger charge is 2.09. The molecule has 3 rings (SSSR count). The predicted molar refractivity (Wildman–Crippen MR) is 78.0 cm³/mol. The summed E-state index contributed by atoms with van der Waals surface area (Å²) in [5.74, 6) is 0.0906. The first-order valence-electron chi connectivity index (χ1n) is 6.85. The molecular weight excluding hydrogens is 290 g/mol. The van der Waals surface area contributed by atoms with Crippen LogP contribution in [-0.2, 0) is 6.61 Å². The number of rotatable bonds is 5. The number of hydrogen-bond acceptors (Lipinski definition) is 3. The number of benzene rings is 2. The molecule has 0 spiro atoms. The lowest BCUT2D eigenvalue weighted by molar-refractivity contribution is 0.296. The first-order chi connectivity index (χ1) is 10.7. The van der Waals surface area contributed by atoms with Gasteiger partial charge in [-0.05, 0) is 31.2 Å². The van der Waals surface area contributed by atoms with Crippen molar-refractivity contribution in [2.45, 2.75) is 13.5 Å². The number of aromatic nitrogens is 2. The van der Waals surface area contributed by atoms with E-state index in [1.165, 1.54) is 0 Å². The molecule has 1 aromatic heterocycles. The Morgan fingerprint density at radius 3 is 2.32 bits per heavy atom. The van der Waals surface area contributed by atoms with Crippen LogP contribution in [-0.4, -0.2) is 16.6 Å². The number of halogens is 2. The van der Waals surface area contributed by atoms with Gasteiger partial charge in [-0.2, -0.15) is 0 Å². The van der Waals surface area contributed by atoms with Gasteiger partial charge in [0.05, 0.1) is 17.6 Å². The van der Waals surface area contributed by atoms with Crippen LogP contribution in [0.3, 0.4) is 0 Å². The van der Waals surface area contributed by atoms with E-state index in [9.17, 15) is 8.78 Å². The van der Waals surface area contributed by atoms with Crippen LogP contribution in [0.4, 0.5) is 8.78 Å². The third-order valence-corrected chi connectivity index (χ3v) is 3.08. The number of nitrogens with one attached hydrogen (secondary N) is 1. The molecule has 0 radical (unpaired) electrons. The van der Waals surface area contributed by atoms with Gasteiger partial charge in [0.25, 0.3) is 0 Å². The van der Waals surface area contributed by atoms with Crippen molar-refractivity contribution in [1.29, 1.82) is 0 Å². The molecule has 0 aliphatic carbocycles. The summed E-state index contributed by atoms with van der Waals surface area (Å²) in [6.45, 7) is 2.69. The molecule has 0 saturated heterocycles. The number of ether oxygens (including phenoxy) is 2. The van der Waals surface area contributed by atoms with Crippen LogP contribution < -0.4 is 9.47 Å². The topological polar surface area (TPSA) is 47.1 Å². The number of H-pyrrole nitrogens is 1. The van der Waals surface area contributed by atoms with Gasteiger partial charge in [0.15, 0.2) is 11.6 Å². The zero-order valence-electron chi connectivity index (χ0n) is 11.9. The number of fused-ring (bicyclic) bond motifs is 1. The highest BCUT2D eigenvalue weighted by Crippen LogP contribution is 2.20. The summed E-state index contributed by atoms with van der Waals surface area (Å²) in [5, 5.41) is 0. The average Bonchev–Trinajstić information content (AvgIpc) is 2.89. The van der Waals surface area contributed by atoms with Gasteiger partial charge in [-0.25, -0.2) is 13.8 Å². The van der Waals surface area contributed by atoms with E-state index in [1.807, 2.05) is 19.1 Å². The zero-order chi connectivity index (χ0) is 15.5. The lowest BCUT2D eigenvalue weighted by atomic mass is 10.3. The molecule has 114 valence electrons. The van der Waals surface area contributed by atoms with Gasteiger partial charge in [-0.3, -0.25) is 0 Å². The first kappa shape index (κ1) is 14.3. The first-order valence-corrected chi connectivity index (χ1v) is 6.85. The van der Waals surface area contributed by atoms with Gasteiger partial charge in [-0.15, -0.1) is 0 Å². The maximum atomic E-state index is 13.1. The van der Waals surface area contributed by atoms with Gasteiger partial charge in [0.1, 0.15) is 23.9 Å². The second kappa shape index (κ2) is 6.01. The van der Waals surface area contributed by atoms with Crippen LogP contribution in [0.5, 0.6) is 11.5 Å². The summed E-state index contributed by atoms with van der Waals surface area (Å²) in [5.41, 5.74) is 0.799. The molecule has 0 fully saturated rings. The molecule has 6 heteroatoms. The van der Waals surface area contributed by atoms with Gasteiger partial charge < -0.3 is 14.5 Å².